The molecule has 2 aromatic carbocycles. The van der Waals surface area contributed by atoms with Crippen molar-refractivity contribution < 1.29 is 28.7 Å². The van der Waals surface area contributed by atoms with E-state index in [1.165, 1.54) is 6.92 Å². The molecule has 0 aromatic heterocycles. The van der Waals surface area contributed by atoms with E-state index in [1.807, 2.05) is 18.2 Å². The monoisotopic (exact) mass is 532 g/mol. The van der Waals surface area contributed by atoms with Crippen LogP contribution in [0.15, 0.2) is 57.9 Å². The van der Waals surface area contributed by atoms with Gasteiger partial charge in [0.2, 0.25) is 0 Å². The fourth-order valence-electron chi connectivity index (χ4n) is 2.92. The third-order valence-electron chi connectivity index (χ3n) is 4.51. The van der Waals surface area contributed by atoms with Crippen molar-refractivity contribution in [2.75, 3.05) is 18.5 Å². The van der Waals surface area contributed by atoms with Crippen molar-refractivity contribution in [3.05, 3.63) is 63.5 Å². The van der Waals surface area contributed by atoms with Crippen molar-refractivity contribution in [1.29, 1.82) is 0 Å². The maximum Gasteiger partial charge on any atom is 0.329 e. The second kappa shape index (κ2) is 11.2. The maximum absolute atomic E-state index is 12.7. The number of nitrogens with zero attached hydrogens (tertiary/aromatic N) is 1. The molecule has 3 amide bonds. The number of carbonyl (C=O) groups excluding carboxylic acids is 4. The van der Waals surface area contributed by atoms with Crippen LogP contribution in [-0.4, -0.2) is 47.2 Å². The number of nitrogens with one attached hydrogen (secondary N) is 1. The number of thioether (sulfide) groups is 1. The van der Waals surface area contributed by atoms with E-state index < -0.39 is 23.2 Å². The van der Waals surface area contributed by atoms with E-state index in [1.54, 1.807) is 43.3 Å². The Morgan fingerprint density at radius 3 is 2.58 bits per heavy atom. The van der Waals surface area contributed by atoms with Crippen molar-refractivity contribution >= 4 is 62.5 Å². The Balaban J connectivity index is 1.64. The zero-order valence-electron chi connectivity index (χ0n) is 17.9. The number of esters is 1. The highest BCUT2D eigenvalue weighted by Crippen LogP contribution is 2.35. The van der Waals surface area contributed by atoms with Gasteiger partial charge in [0.15, 0.2) is 6.61 Å². The normalized spacial score (nSPS) is 15.5. The highest BCUT2D eigenvalue weighted by atomic mass is 79.9. The van der Waals surface area contributed by atoms with E-state index in [2.05, 4.69) is 21.2 Å². The summed E-state index contributed by atoms with van der Waals surface area (Å²) in [5.41, 5.74) is 1.31. The van der Waals surface area contributed by atoms with E-state index in [0.717, 1.165) is 16.7 Å². The van der Waals surface area contributed by atoms with Gasteiger partial charge in [-0.15, -0.1) is 0 Å². The van der Waals surface area contributed by atoms with E-state index in [9.17, 15) is 19.2 Å². The summed E-state index contributed by atoms with van der Waals surface area (Å²) in [5.74, 6) is -1.05. The minimum absolute atomic E-state index is 0.158. The largest absolute Gasteiger partial charge is 0.483 e. The van der Waals surface area contributed by atoms with Crippen LogP contribution in [0.25, 0.3) is 6.08 Å². The number of amides is 3. The van der Waals surface area contributed by atoms with Gasteiger partial charge >= 0.3 is 5.97 Å². The lowest BCUT2D eigenvalue weighted by molar-refractivity contribution is -0.150. The fourth-order valence-corrected chi connectivity index (χ4v) is 4.34. The van der Waals surface area contributed by atoms with Crippen LogP contribution in [0, 0.1) is 0 Å². The summed E-state index contributed by atoms with van der Waals surface area (Å²) in [7, 11) is 0. The summed E-state index contributed by atoms with van der Waals surface area (Å²) in [6.07, 6.45) is 1.55. The van der Waals surface area contributed by atoms with E-state index in [4.69, 9.17) is 9.47 Å². The third kappa shape index (κ3) is 6.23. The fraction of sp³-hybridized carbons (Fsp3) is 0.217. The number of para-hydroxylation sites is 1. The summed E-state index contributed by atoms with van der Waals surface area (Å²) >= 11 is 4.15. The van der Waals surface area contributed by atoms with Gasteiger partial charge in [-0.3, -0.25) is 19.3 Å². The van der Waals surface area contributed by atoms with Gasteiger partial charge in [-0.2, -0.15) is 0 Å². The second-order valence-electron chi connectivity index (χ2n) is 6.87. The molecule has 1 atom stereocenters. The molecule has 172 valence electrons. The average Bonchev–Trinajstić information content (AvgIpc) is 3.06. The lowest BCUT2D eigenvalue weighted by atomic mass is 10.2. The Bertz CT molecular complexity index is 1110. The molecule has 0 spiro atoms. The van der Waals surface area contributed by atoms with Gasteiger partial charge in [-0.25, -0.2) is 4.79 Å². The number of benzene rings is 2. The number of anilines is 1. The topological polar surface area (TPSA) is 102 Å². The number of imide groups is 1. The summed E-state index contributed by atoms with van der Waals surface area (Å²) < 4.78 is 11.0. The quantitative estimate of drug-likeness (QED) is 0.395. The molecule has 0 saturated carbocycles. The first-order chi connectivity index (χ1) is 15.8. The first-order valence-electron chi connectivity index (χ1n) is 10.0. The molecule has 1 fully saturated rings. The minimum atomic E-state index is -1.01. The molecule has 8 nitrogen and oxygen atoms in total. The molecule has 2 aromatic rings. The highest BCUT2D eigenvalue weighted by Gasteiger charge is 2.41. The molecular weight excluding hydrogens is 512 g/mol. The molecule has 0 bridgehead atoms. The van der Waals surface area contributed by atoms with Crippen LogP contribution < -0.4 is 10.1 Å². The minimum Gasteiger partial charge on any atom is -0.483 e. The molecule has 1 saturated heterocycles. The Morgan fingerprint density at radius 1 is 1.18 bits per heavy atom. The van der Waals surface area contributed by atoms with Gasteiger partial charge in [-0.05, 0) is 77.4 Å². The molecule has 1 heterocycles. The molecule has 10 heteroatoms. The molecule has 1 aliphatic heterocycles. The molecule has 33 heavy (non-hydrogen) atoms. The zero-order valence-corrected chi connectivity index (χ0v) is 20.3. The van der Waals surface area contributed by atoms with Crippen LogP contribution in [0.5, 0.6) is 5.75 Å². The van der Waals surface area contributed by atoms with Gasteiger partial charge in [-0.1, -0.05) is 24.3 Å². The van der Waals surface area contributed by atoms with Crippen LogP contribution in [0.3, 0.4) is 0 Å². The number of hydrogen-bond acceptors (Lipinski definition) is 7. The summed E-state index contributed by atoms with van der Waals surface area (Å²) in [6, 6.07) is 13.1. The molecule has 0 unspecified atom stereocenters. The molecule has 0 aliphatic carbocycles. The lowest BCUT2D eigenvalue weighted by Crippen LogP contribution is -2.42. The lowest BCUT2D eigenvalue weighted by Gasteiger charge is -2.19. The number of halogens is 1. The Labute approximate surface area is 203 Å². The van der Waals surface area contributed by atoms with Gasteiger partial charge in [0, 0.05) is 5.69 Å². The summed E-state index contributed by atoms with van der Waals surface area (Å²) in [4.78, 5) is 50.1. The first-order valence-corrected chi connectivity index (χ1v) is 11.6. The Morgan fingerprint density at radius 2 is 1.91 bits per heavy atom. The maximum atomic E-state index is 12.7. The molecule has 1 N–H and O–H groups in total. The van der Waals surface area contributed by atoms with E-state index >= 15 is 0 Å². The summed E-state index contributed by atoms with van der Waals surface area (Å²) in [6.45, 7) is 3.08. The van der Waals surface area contributed by atoms with Crippen LogP contribution in [-0.2, 0) is 19.1 Å². The van der Waals surface area contributed by atoms with E-state index in [-0.39, 0.29) is 24.0 Å². The highest BCUT2D eigenvalue weighted by molar-refractivity contribution is 9.10. The standard InChI is InChI=1S/C23H21BrN2O6S/c1-3-31-22(29)14(2)26-21(28)19(33-23(26)30)12-15-9-10-18(17(24)11-15)32-13-20(27)25-16-7-5-4-6-8-16/h4-12,14H,3,13H2,1-2H3,(H,25,27)/b19-12-/t14-/m0/s1. The number of carbonyl (C=O) groups is 4. The molecular formula is C23H21BrN2O6S. The van der Waals surface area contributed by atoms with Crippen molar-refractivity contribution in [3.8, 4) is 5.75 Å². The van der Waals surface area contributed by atoms with Crippen molar-refractivity contribution in [3.63, 3.8) is 0 Å². The zero-order chi connectivity index (χ0) is 24.0. The predicted molar refractivity (Wildman–Crippen MR) is 129 cm³/mol. The van der Waals surface area contributed by atoms with Crippen LogP contribution >= 0.6 is 27.7 Å². The number of rotatable bonds is 8. The molecule has 3 rings (SSSR count). The van der Waals surface area contributed by atoms with Crippen molar-refractivity contribution in [1.82, 2.24) is 4.90 Å². The SMILES string of the molecule is CCOC(=O)[C@H](C)N1C(=O)S/C(=C\c2ccc(OCC(=O)Nc3ccccc3)c(Br)c2)C1=O. The van der Waals surface area contributed by atoms with Gasteiger partial charge in [0.1, 0.15) is 11.8 Å². The summed E-state index contributed by atoms with van der Waals surface area (Å²) in [5, 5.41) is 2.20. The van der Waals surface area contributed by atoms with Crippen LogP contribution in [0.1, 0.15) is 19.4 Å². The van der Waals surface area contributed by atoms with Gasteiger partial charge in [0.05, 0.1) is 16.0 Å². The second-order valence-corrected chi connectivity index (χ2v) is 8.72. The van der Waals surface area contributed by atoms with Crippen molar-refractivity contribution in [2.45, 2.75) is 19.9 Å². The van der Waals surface area contributed by atoms with Crippen LogP contribution in [0.2, 0.25) is 0 Å². The number of hydrogen-bond donors (Lipinski definition) is 1. The van der Waals surface area contributed by atoms with Gasteiger partial charge in [0.25, 0.3) is 17.1 Å². The van der Waals surface area contributed by atoms with E-state index in [0.29, 0.717) is 21.5 Å². The number of ether oxygens (including phenoxy) is 2. The van der Waals surface area contributed by atoms with Crippen molar-refractivity contribution in [2.24, 2.45) is 0 Å². The predicted octanol–water partition coefficient (Wildman–Crippen LogP) is 4.45. The van der Waals surface area contributed by atoms with Crippen LogP contribution in [0.4, 0.5) is 10.5 Å². The first kappa shape index (κ1) is 24.5. The Hall–Kier alpha value is -3.11. The molecule has 1 aliphatic rings. The Kier molecular flexibility index (Phi) is 8.29. The third-order valence-corrected chi connectivity index (χ3v) is 6.01. The smallest absolute Gasteiger partial charge is 0.329 e. The van der Waals surface area contributed by atoms with Gasteiger partial charge < -0.3 is 14.8 Å². The molecule has 0 radical (unpaired) electrons. The average molecular weight is 533 g/mol.